The van der Waals surface area contributed by atoms with Gasteiger partial charge in [-0.25, -0.2) is 4.98 Å². The number of halogens is 1. The lowest BCUT2D eigenvalue weighted by Crippen LogP contribution is -2.12. The molecule has 0 radical (unpaired) electrons. The number of benzene rings is 2. The number of rotatable bonds is 5. The summed E-state index contributed by atoms with van der Waals surface area (Å²) in [4.78, 5) is 16.8. The monoisotopic (exact) mass is 362 g/mol. The van der Waals surface area contributed by atoms with Gasteiger partial charge in [-0.15, -0.1) is 0 Å². The number of nitrogens with one attached hydrogen (secondary N) is 1. The molecule has 0 saturated heterocycles. The minimum Gasteiger partial charge on any atom is -0.493 e. The highest BCUT2D eigenvalue weighted by molar-refractivity contribution is 7.22. The highest BCUT2D eigenvalue weighted by Gasteiger charge is 2.13. The Kier molecular flexibility index (Phi) is 4.87. The quantitative estimate of drug-likeness (QED) is 0.720. The Balaban J connectivity index is 1.84. The summed E-state index contributed by atoms with van der Waals surface area (Å²) in [6, 6.07) is 10.5. The van der Waals surface area contributed by atoms with Gasteiger partial charge in [0.05, 0.1) is 23.9 Å². The summed E-state index contributed by atoms with van der Waals surface area (Å²) < 4.78 is 11.6. The summed E-state index contributed by atoms with van der Waals surface area (Å²) in [5.74, 6) is 0.857. The fraction of sp³-hybridized carbons (Fsp3) is 0.176. The fourth-order valence-electron chi connectivity index (χ4n) is 2.21. The van der Waals surface area contributed by atoms with Crippen LogP contribution in [0, 0.1) is 0 Å². The van der Waals surface area contributed by atoms with Crippen LogP contribution in [-0.2, 0) is 0 Å². The van der Waals surface area contributed by atoms with Crippen molar-refractivity contribution in [2.24, 2.45) is 0 Å². The molecule has 3 rings (SSSR count). The lowest BCUT2D eigenvalue weighted by Gasteiger charge is -2.10. The number of anilines is 1. The van der Waals surface area contributed by atoms with E-state index in [1.807, 2.05) is 19.1 Å². The number of nitrogens with zero attached hydrogens (tertiary/aromatic N) is 1. The van der Waals surface area contributed by atoms with E-state index in [1.54, 1.807) is 31.4 Å². The number of fused-ring (bicyclic) bond motifs is 1. The van der Waals surface area contributed by atoms with Crippen LogP contribution in [0.4, 0.5) is 5.13 Å². The molecule has 1 aromatic heterocycles. The van der Waals surface area contributed by atoms with Crippen LogP contribution in [0.25, 0.3) is 10.2 Å². The molecule has 7 heteroatoms. The van der Waals surface area contributed by atoms with E-state index in [-0.39, 0.29) is 5.91 Å². The van der Waals surface area contributed by atoms with Gasteiger partial charge in [0, 0.05) is 10.6 Å². The number of aromatic nitrogens is 1. The molecule has 0 aliphatic rings. The molecular formula is C17H15ClN2O3S. The van der Waals surface area contributed by atoms with E-state index >= 15 is 0 Å². The first-order chi connectivity index (χ1) is 11.6. The molecule has 0 aliphatic carbocycles. The number of carbonyl (C=O) groups excluding carboxylic acids is 1. The van der Waals surface area contributed by atoms with Crippen LogP contribution in [-0.4, -0.2) is 24.6 Å². The lowest BCUT2D eigenvalue weighted by molar-refractivity contribution is 0.102. The Hall–Kier alpha value is -2.31. The van der Waals surface area contributed by atoms with Gasteiger partial charge in [-0.1, -0.05) is 22.9 Å². The molecule has 0 aliphatic heterocycles. The van der Waals surface area contributed by atoms with Crippen LogP contribution in [0.15, 0.2) is 36.4 Å². The molecule has 0 fully saturated rings. The Bertz CT molecular complexity index is 895. The Morgan fingerprint density at radius 2 is 2.08 bits per heavy atom. The van der Waals surface area contributed by atoms with E-state index in [4.69, 9.17) is 21.1 Å². The molecule has 5 nitrogen and oxygen atoms in total. The topological polar surface area (TPSA) is 60.5 Å². The van der Waals surface area contributed by atoms with Crippen molar-refractivity contribution >= 4 is 44.2 Å². The molecule has 0 bridgehead atoms. The third-order valence-corrected chi connectivity index (χ3v) is 4.47. The largest absolute Gasteiger partial charge is 0.493 e. The second-order valence-electron chi connectivity index (χ2n) is 4.88. The minimum absolute atomic E-state index is 0.260. The molecule has 24 heavy (non-hydrogen) atoms. The average molecular weight is 363 g/mol. The summed E-state index contributed by atoms with van der Waals surface area (Å²) in [5.41, 5.74) is 1.26. The van der Waals surface area contributed by atoms with Crippen molar-refractivity contribution in [3.8, 4) is 11.5 Å². The Labute approximate surface area is 148 Å². The highest BCUT2D eigenvalue weighted by atomic mass is 35.5. The standard InChI is InChI=1S/C17H15ClN2O3S/c1-3-23-14-8-10(4-7-13(14)22-2)16(21)20-17-19-12-6-5-11(18)9-15(12)24-17/h4-9H,3H2,1-2H3,(H,19,20,21). The van der Waals surface area contributed by atoms with Gasteiger partial charge >= 0.3 is 0 Å². The average Bonchev–Trinajstić information content (AvgIpc) is 2.96. The van der Waals surface area contributed by atoms with Crippen LogP contribution >= 0.6 is 22.9 Å². The van der Waals surface area contributed by atoms with Crippen molar-refractivity contribution in [3.63, 3.8) is 0 Å². The first-order valence-electron chi connectivity index (χ1n) is 7.29. The van der Waals surface area contributed by atoms with Crippen LogP contribution < -0.4 is 14.8 Å². The van der Waals surface area contributed by atoms with Gasteiger partial charge in [0.15, 0.2) is 16.6 Å². The van der Waals surface area contributed by atoms with Crippen molar-refractivity contribution in [2.45, 2.75) is 6.92 Å². The highest BCUT2D eigenvalue weighted by Crippen LogP contribution is 2.30. The molecule has 124 valence electrons. The van der Waals surface area contributed by atoms with Gasteiger partial charge in [0.25, 0.3) is 5.91 Å². The van der Waals surface area contributed by atoms with Crippen molar-refractivity contribution in [2.75, 3.05) is 19.0 Å². The second-order valence-corrected chi connectivity index (χ2v) is 6.35. The number of methoxy groups -OCH3 is 1. The van der Waals surface area contributed by atoms with E-state index in [9.17, 15) is 4.79 Å². The number of carbonyl (C=O) groups is 1. The number of hydrogen-bond acceptors (Lipinski definition) is 5. The predicted molar refractivity (Wildman–Crippen MR) is 96.7 cm³/mol. The fourth-order valence-corrected chi connectivity index (χ4v) is 3.34. The Morgan fingerprint density at radius 1 is 1.25 bits per heavy atom. The maximum atomic E-state index is 12.4. The lowest BCUT2D eigenvalue weighted by atomic mass is 10.2. The summed E-state index contributed by atoms with van der Waals surface area (Å²) in [6.07, 6.45) is 0. The molecule has 1 amide bonds. The molecule has 0 saturated carbocycles. The van der Waals surface area contributed by atoms with E-state index in [1.165, 1.54) is 11.3 Å². The molecule has 1 heterocycles. The first-order valence-corrected chi connectivity index (χ1v) is 8.48. The van der Waals surface area contributed by atoms with Gasteiger partial charge in [0.2, 0.25) is 0 Å². The number of ether oxygens (including phenoxy) is 2. The van der Waals surface area contributed by atoms with E-state index in [0.29, 0.717) is 33.8 Å². The maximum absolute atomic E-state index is 12.4. The van der Waals surface area contributed by atoms with Crippen molar-refractivity contribution < 1.29 is 14.3 Å². The third kappa shape index (κ3) is 3.44. The van der Waals surface area contributed by atoms with Gasteiger partial charge in [-0.05, 0) is 43.3 Å². The van der Waals surface area contributed by atoms with Crippen molar-refractivity contribution in [1.82, 2.24) is 4.98 Å². The third-order valence-electron chi connectivity index (χ3n) is 3.30. The second kappa shape index (κ2) is 7.07. The van der Waals surface area contributed by atoms with Crippen molar-refractivity contribution in [1.29, 1.82) is 0 Å². The van der Waals surface area contributed by atoms with Gasteiger partial charge in [0.1, 0.15) is 0 Å². The van der Waals surface area contributed by atoms with Crippen LogP contribution in [0.1, 0.15) is 17.3 Å². The van der Waals surface area contributed by atoms with E-state index in [2.05, 4.69) is 10.3 Å². The summed E-state index contributed by atoms with van der Waals surface area (Å²) in [5, 5.41) is 3.96. The first kappa shape index (κ1) is 16.5. The molecule has 0 atom stereocenters. The van der Waals surface area contributed by atoms with E-state index < -0.39 is 0 Å². The molecule has 3 aromatic rings. The van der Waals surface area contributed by atoms with Crippen molar-refractivity contribution in [3.05, 3.63) is 47.0 Å². The summed E-state index contributed by atoms with van der Waals surface area (Å²) in [7, 11) is 1.56. The van der Waals surface area contributed by atoms with E-state index in [0.717, 1.165) is 10.2 Å². The Morgan fingerprint density at radius 3 is 2.83 bits per heavy atom. The zero-order valence-corrected chi connectivity index (χ0v) is 14.7. The molecular weight excluding hydrogens is 348 g/mol. The molecule has 0 spiro atoms. The number of thiazole rings is 1. The zero-order valence-electron chi connectivity index (χ0n) is 13.1. The van der Waals surface area contributed by atoms with Crippen LogP contribution in [0.3, 0.4) is 0 Å². The number of amides is 1. The molecule has 2 aromatic carbocycles. The van der Waals surface area contributed by atoms with Gasteiger partial charge < -0.3 is 9.47 Å². The molecule has 1 N–H and O–H groups in total. The van der Waals surface area contributed by atoms with Gasteiger partial charge in [-0.2, -0.15) is 0 Å². The normalized spacial score (nSPS) is 10.6. The predicted octanol–water partition coefficient (Wildman–Crippen LogP) is 4.61. The summed E-state index contributed by atoms with van der Waals surface area (Å²) >= 11 is 7.34. The van der Waals surface area contributed by atoms with Crippen LogP contribution in [0.2, 0.25) is 5.02 Å². The molecule has 0 unspecified atom stereocenters. The zero-order chi connectivity index (χ0) is 17.1. The minimum atomic E-state index is -0.260. The number of hydrogen-bond donors (Lipinski definition) is 1. The smallest absolute Gasteiger partial charge is 0.257 e. The van der Waals surface area contributed by atoms with Crippen LogP contribution in [0.5, 0.6) is 11.5 Å². The summed E-state index contributed by atoms with van der Waals surface area (Å²) in [6.45, 7) is 2.36. The maximum Gasteiger partial charge on any atom is 0.257 e. The van der Waals surface area contributed by atoms with Gasteiger partial charge in [-0.3, -0.25) is 10.1 Å². The SMILES string of the molecule is CCOc1cc(C(=O)Nc2nc3ccc(Cl)cc3s2)ccc1OC.